The van der Waals surface area contributed by atoms with Gasteiger partial charge in [0.15, 0.2) is 5.82 Å². The van der Waals surface area contributed by atoms with E-state index in [1.807, 2.05) is 26.0 Å². The maximum atomic E-state index is 13.3. The van der Waals surface area contributed by atoms with Gasteiger partial charge in [0.1, 0.15) is 18.2 Å². The van der Waals surface area contributed by atoms with E-state index in [0.29, 0.717) is 24.5 Å². The van der Waals surface area contributed by atoms with Gasteiger partial charge in [-0.15, -0.1) is 0 Å². The summed E-state index contributed by atoms with van der Waals surface area (Å²) in [4.78, 5) is 33.7. The molecule has 1 aromatic carbocycles. The molecule has 1 amide bonds. The monoisotopic (exact) mass is 438 g/mol. The minimum atomic E-state index is -0.388. The highest BCUT2D eigenvalue weighted by molar-refractivity contribution is 5.76. The Morgan fingerprint density at radius 1 is 1.22 bits per heavy atom. The lowest BCUT2D eigenvalue weighted by atomic mass is 10.1. The summed E-state index contributed by atoms with van der Waals surface area (Å²) in [5.41, 5.74) is 9.25. The van der Waals surface area contributed by atoms with Crippen LogP contribution in [0.25, 0.3) is 0 Å². The van der Waals surface area contributed by atoms with E-state index in [-0.39, 0.29) is 36.2 Å². The zero-order chi connectivity index (χ0) is 23.3. The number of nitrogens with two attached hydrogens (primary N) is 1. The fraction of sp³-hybridized carbons (Fsp3) is 0.304. The Hall–Kier alpha value is -3.75. The smallest absolute Gasteiger partial charge is 0.293 e. The predicted octanol–water partition coefficient (Wildman–Crippen LogP) is 2.26. The molecule has 3 aromatic rings. The van der Waals surface area contributed by atoms with Gasteiger partial charge in [-0.25, -0.2) is 14.4 Å². The Morgan fingerprint density at radius 2 is 2.00 bits per heavy atom. The third kappa shape index (κ3) is 5.69. The van der Waals surface area contributed by atoms with Gasteiger partial charge >= 0.3 is 0 Å². The van der Waals surface area contributed by atoms with Crippen molar-refractivity contribution >= 4 is 17.5 Å². The Balaban J connectivity index is 1.63. The Bertz CT molecular complexity index is 1190. The van der Waals surface area contributed by atoms with E-state index in [9.17, 15) is 14.0 Å². The van der Waals surface area contributed by atoms with E-state index in [2.05, 4.69) is 20.6 Å². The summed E-state index contributed by atoms with van der Waals surface area (Å²) in [6.07, 6.45) is 2.07. The van der Waals surface area contributed by atoms with Gasteiger partial charge in [-0.3, -0.25) is 14.2 Å². The van der Waals surface area contributed by atoms with E-state index >= 15 is 0 Å². The summed E-state index contributed by atoms with van der Waals surface area (Å²) < 4.78 is 14.7. The van der Waals surface area contributed by atoms with Gasteiger partial charge in [-0.05, 0) is 62.1 Å². The number of nitrogens with one attached hydrogen (secondary N) is 2. The van der Waals surface area contributed by atoms with Crippen molar-refractivity contribution in [2.24, 2.45) is 0 Å². The normalized spacial score (nSPS) is 10.8. The van der Waals surface area contributed by atoms with Crippen LogP contribution >= 0.6 is 0 Å². The molecule has 0 atom stereocenters. The fourth-order valence-electron chi connectivity index (χ4n) is 3.26. The Morgan fingerprint density at radius 3 is 2.75 bits per heavy atom. The molecule has 2 heterocycles. The number of amides is 1. The number of carbonyl (C=O) groups excluding carboxylic acids is 1. The molecule has 3 rings (SSSR count). The van der Waals surface area contributed by atoms with Crippen LogP contribution in [0.1, 0.15) is 28.1 Å². The number of pyridine rings is 1. The summed E-state index contributed by atoms with van der Waals surface area (Å²) in [7, 11) is 0. The summed E-state index contributed by atoms with van der Waals surface area (Å²) in [5.74, 6) is 0.00778. The lowest BCUT2D eigenvalue weighted by Crippen LogP contribution is -2.34. The molecule has 0 saturated carbocycles. The highest BCUT2D eigenvalue weighted by atomic mass is 19.1. The van der Waals surface area contributed by atoms with Gasteiger partial charge in [-0.2, -0.15) is 0 Å². The third-order valence-electron chi connectivity index (χ3n) is 5.17. The van der Waals surface area contributed by atoms with Gasteiger partial charge < -0.3 is 16.4 Å². The van der Waals surface area contributed by atoms with Crippen LogP contribution in [-0.2, 0) is 24.3 Å². The molecule has 0 spiro atoms. The molecule has 2 aromatic heterocycles. The second kappa shape index (κ2) is 10.0. The Kier molecular flexibility index (Phi) is 7.19. The summed E-state index contributed by atoms with van der Waals surface area (Å²) in [6, 6.07) is 8.18. The molecule has 32 heavy (non-hydrogen) atoms. The van der Waals surface area contributed by atoms with Gasteiger partial charge in [-0.1, -0.05) is 12.1 Å². The van der Waals surface area contributed by atoms with Crippen molar-refractivity contribution in [2.45, 2.75) is 40.3 Å². The zero-order valence-corrected chi connectivity index (χ0v) is 18.4. The topological polar surface area (TPSA) is 115 Å². The first-order valence-corrected chi connectivity index (χ1v) is 10.3. The van der Waals surface area contributed by atoms with Crippen molar-refractivity contribution in [1.82, 2.24) is 19.9 Å². The minimum Gasteiger partial charge on any atom is -0.383 e. The van der Waals surface area contributed by atoms with Crippen LogP contribution in [-0.4, -0.2) is 27.0 Å². The molecule has 0 aliphatic rings. The number of aryl methyl sites for hydroxylation is 3. The second-order valence-corrected chi connectivity index (χ2v) is 7.66. The number of halogens is 1. The van der Waals surface area contributed by atoms with E-state index < -0.39 is 0 Å². The average molecular weight is 439 g/mol. The standard InChI is InChI=1S/C23H27FN6O2/c1-14-9-18(16(3)29-21(14)25)12-27-20(31)13-30-15(2)11-28-22(23(30)32)26-8-7-17-5-4-6-19(24)10-17/h4-6,9-11H,7-8,12-13H2,1-3H3,(H2,25,29)(H,26,28)(H,27,31). The van der Waals surface area contributed by atoms with Crippen LogP contribution in [0.15, 0.2) is 41.3 Å². The lowest BCUT2D eigenvalue weighted by molar-refractivity contribution is -0.121. The van der Waals surface area contributed by atoms with Gasteiger partial charge in [0.25, 0.3) is 5.56 Å². The molecular weight excluding hydrogens is 411 g/mol. The minimum absolute atomic E-state index is 0.133. The van der Waals surface area contributed by atoms with E-state index in [1.165, 1.54) is 22.9 Å². The summed E-state index contributed by atoms with van der Waals surface area (Å²) in [6.45, 7) is 5.97. The van der Waals surface area contributed by atoms with E-state index in [4.69, 9.17) is 5.73 Å². The van der Waals surface area contributed by atoms with Crippen LogP contribution in [0, 0.1) is 26.6 Å². The average Bonchev–Trinajstić information content (AvgIpc) is 2.74. The van der Waals surface area contributed by atoms with Crippen molar-refractivity contribution < 1.29 is 9.18 Å². The molecule has 168 valence electrons. The highest BCUT2D eigenvalue weighted by Gasteiger charge is 2.12. The molecule has 0 aliphatic carbocycles. The summed E-state index contributed by atoms with van der Waals surface area (Å²) in [5, 5.41) is 5.80. The molecule has 0 fully saturated rings. The first-order chi connectivity index (χ1) is 15.2. The predicted molar refractivity (Wildman–Crippen MR) is 122 cm³/mol. The lowest BCUT2D eigenvalue weighted by Gasteiger charge is -2.13. The molecule has 0 bridgehead atoms. The van der Waals surface area contributed by atoms with Crippen LogP contribution < -0.4 is 21.9 Å². The zero-order valence-electron chi connectivity index (χ0n) is 18.4. The van der Waals surface area contributed by atoms with Gasteiger partial charge in [0, 0.05) is 30.7 Å². The highest BCUT2D eigenvalue weighted by Crippen LogP contribution is 2.13. The third-order valence-corrected chi connectivity index (χ3v) is 5.17. The number of nitrogen functional groups attached to an aromatic ring is 1. The Labute approximate surface area is 185 Å². The van der Waals surface area contributed by atoms with Crippen LogP contribution in [0.4, 0.5) is 16.0 Å². The van der Waals surface area contributed by atoms with Crippen molar-refractivity contribution in [3.63, 3.8) is 0 Å². The number of aromatic nitrogens is 3. The molecule has 0 saturated heterocycles. The first-order valence-electron chi connectivity index (χ1n) is 10.3. The summed E-state index contributed by atoms with van der Waals surface area (Å²) >= 11 is 0. The largest absolute Gasteiger partial charge is 0.383 e. The number of rotatable bonds is 8. The van der Waals surface area contributed by atoms with Gasteiger partial charge in [0.2, 0.25) is 5.91 Å². The number of anilines is 2. The van der Waals surface area contributed by atoms with E-state index in [0.717, 1.165) is 22.4 Å². The molecule has 8 nitrogen and oxygen atoms in total. The van der Waals surface area contributed by atoms with Crippen LogP contribution in [0.3, 0.4) is 0 Å². The molecule has 0 unspecified atom stereocenters. The number of hydrogen-bond acceptors (Lipinski definition) is 6. The molecule has 4 N–H and O–H groups in total. The quantitative estimate of drug-likeness (QED) is 0.497. The molecule has 9 heteroatoms. The number of hydrogen-bond donors (Lipinski definition) is 3. The first kappa shape index (κ1) is 22.9. The number of nitrogens with zero attached hydrogens (tertiary/aromatic N) is 3. The van der Waals surface area contributed by atoms with Crippen molar-refractivity contribution in [2.75, 3.05) is 17.6 Å². The van der Waals surface area contributed by atoms with Crippen molar-refractivity contribution in [1.29, 1.82) is 0 Å². The van der Waals surface area contributed by atoms with Crippen LogP contribution in [0.5, 0.6) is 0 Å². The van der Waals surface area contributed by atoms with Crippen molar-refractivity contribution in [3.8, 4) is 0 Å². The van der Waals surface area contributed by atoms with E-state index in [1.54, 1.807) is 13.0 Å². The SMILES string of the molecule is Cc1cc(CNC(=O)Cn2c(C)cnc(NCCc3cccc(F)c3)c2=O)c(C)nc1N. The number of benzene rings is 1. The number of carbonyl (C=O) groups is 1. The molecule has 0 aliphatic heterocycles. The van der Waals surface area contributed by atoms with Crippen LogP contribution in [0.2, 0.25) is 0 Å². The van der Waals surface area contributed by atoms with Crippen molar-refractivity contribution in [3.05, 3.63) is 80.8 Å². The fourth-order valence-corrected chi connectivity index (χ4v) is 3.26. The molecular formula is C23H27FN6O2. The second-order valence-electron chi connectivity index (χ2n) is 7.66. The van der Waals surface area contributed by atoms with Gasteiger partial charge in [0.05, 0.1) is 0 Å². The maximum absolute atomic E-state index is 13.3. The maximum Gasteiger partial charge on any atom is 0.293 e. The molecule has 0 radical (unpaired) electrons.